The first-order valence-electron chi connectivity index (χ1n) is 5.49. The number of aromatic nitrogens is 1. The predicted molar refractivity (Wildman–Crippen MR) is 58.4 cm³/mol. The molecule has 0 atom stereocenters. The van der Waals surface area contributed by atoms with Crippen molar-refractivity contribution >= 4 is 5.97 Å². The summed E-state index contributed by atoms with van der Waals surface area (Å²) in [5.74, 6) is -3.31. The molecule has 0 saturated heterocycles. The van der Waals surface area contributed by atoms with Gasteiger partial charge in [0.05, 0.1) is 13.7 Å². The van der Waals surface area contributed by atoms with Crippen molar-refractivity contribution in [2.45, 2.75) is 19.7 Å². The van der Waals surface area contributed by atoms with E-state index in [0.29, 0.717) is 6.07 Å². The van der Waals surface area contributed by atoms with E-state index in [9.17, 15) is 26.7 Å². The minimum Gasteiger partial charge on any atom is -0.481 e. The molecule has 0 fully saturated rings. The second-order valence-electron chi connectivity index (χ2n) is 3.50. The van der Waals surface area contributed by atoms with Gasteiger partial charge < -0.3 is 14.2 Å². The molecule has 1 aromatic heterocycles. The molecule has 1 rings (SSSR count). The van der Waals surface area contributed by atoms with Gasteiger partial charge in [-0.15, -0.1) is 13.2 Å². The van der Waals surface area contributed by atoms with E-state index >= 15 is 0 Å². The van der Waals surface area contributed by atoms with Gasteiger partial charge in [-0.1, -0.05) is 0 Å². The highest BCUT2D eigenvalue weighted by Crippen LogP contribution is 2.35. The van der Waals surface area contributed by atoms with Gasteiger partial charge in [0.1, 0.15) is 5.56 Å². The minimum atomic E-state index is -5.22. The highest BCUT2D eigenvalue weighted by molar-refractivity contribution is 5.93. The third-order valence-electron chi connectivity index (χ3n) is 2.13. The highest BCUT2D eigenvalue weighted by Gasteiger charge is 2.36. The van der Waals surface area contributed by atoms with E-state index in [1.165, 1.54) is 6.92 Å². The molecule has 0 N–H and O–H groups in total. The Kier molecular flexibility index (Phi) is 5.28. The van der Waals surface area contributed by atoms with Gasteiger partial charge >= 0.3 is 12.3 Å². The van der Waals surface area contributed by atoms with Crippen LogP contribution in [-0.4, -0.2) is 31.0 Å². The van der Waals surface area contributed by atoms with E-state index in [0.717, 1.165) is 7.11 Å². The van der Waals surface area contributed by atoms with Crippen molar-refractivity contribution in [1.29, 1.82) is 0 Å². The molecule has 0 saturated carbocycles. The van der Waals surface area contributed by atoms with Crippen LogP contribution in [0.4, 0.5) is 22.0 Å². The lowest BCUT2D eigenvalue weighted by Crippen LogP contribution is -2.22. The van der Waals surface area contributed by atoms with Crippen LogP contribution in [0.2, 0.25) is 0 Å². The summed E-state index contributed by atoms with van der Waals surface area (Å²) >= 11 is 0. The Morgan fingerprint density at radius 1 is 1.38 bits per heavy atom. The zero-order valence-corrected chi connectivity index (χ0v) is 10.8. The van der Waals surface area contributed by atoms with Gasteiger partial charge in [0, 0.05) is 11.6 Å². The molecular weight excluding hydrogens is 305 g/mol. The summed E-state index contributed by atoms with van der Waals surface area (Å²) in [7, 11) is 1.01. The first kappa shape index (κ1) is 16.9. The van der Waals surface area contributed by atoms with Crippen LogP contribution < -0.4 is 9.47 Å². The van der Waals surface area contributed by atoms with Gasteiger partial charge in [0.2, 0.25) is 11.8 Å². The first-order valence-corrected chi connectivity index (χ1v) is 5.49. The van der Waals surface area contributed by atoms with Gasteiger partial charge in [-0.3, -0.25) is 0 Å². The third kappa shape index (κ3) is 4.43. The largest absolute Gasteiger partial charge is 0.574 e. The fourth-order valence-electron chi connectivity index (χ4n) is 1.39. The number of hydrogen-bond acceptors (Lipinski definition) is 5. The second kappa shape index (κ2) is 6.55. The number of hydrogen-bond donors (Lipinski definition) is 0. The first-order chi connectivity index (χ1) is 9.69. The number of ether oxygens (including phenoxy) is 3. The van der Waals surface area contributed by atoms with Gasteiger partial charge in [0.25, 0.3) is 6.43 Å². The number of carbonyl (C=O) groups excluding carboxylic acids is 1. The zero-order valence-electron chi connectivity index (χ0n) is 10.8. The van der Waals surface area contributed by atoms with Crippen LogP contribution in [0, 0.1) is 0 Å². The van der Waals surface area contributed by atoms with Crippen LogP contribution >= 0.6 is 0 Å². The van der Waals surface area contributed by atoms with E-state index in [-0.39, 0.29) is 6.61 Å². The van der Waals surface area contributed by atoms with E-state index < -0.39 is 41.6 Å². The van der Waals surface area contributed by atoms with E-state index in [2.05, 4.69) is 19.2 Å². The summed E-state index contributed by atoms with van der Waals surface area (Å²) in [5.41, 5.74) is -2.12. The molecule has 0 spiro atoms. The number of esters is 1. The molecular formula is C11H10F5NO4. The van der Waals surface area contributed by atoms with E-state index in [1.807, 2.05) is 0 Å². The summed E-state index contributed by atoms with van der Waals surface area (Å²) in [6.45, 7) is 1.14. The van der Waals surface area contributed by atoms with Crippen molar-refractivity contribution in [3.8, 4) is 11.8 Å². The minimum absolute atomic E-state index is 0.223. The lowest BCUT2D eigenvalue weighted by atomic mass is 10.1. The molecule has 0 aliphatic carbocycles. The molecule has 10 heteroatoms. The Bertz CT molecular complexity index is 518. The topological polar surface area (TPSA) is 57.7 Å². The zero-order chi connectivity index (χ0) is 16.2. The highest BCUT2D eigenvalue weighted by atomic mass is 19.4. The summed E-state index contributed by atoms with van der Waals surface area (Å²) in [6.07, 6.45) is -8.48. The number of carbonyl (C=O) groups is 1. The van der Waals surface area contributed by atoms with Crippen molar-refractivity contribution < 1.29 is 41.0 Å². The van der Waals surface area contributed by atoms with Crippen LogP contribution in [0.25, 0.3) is 0 Å². The standard InChI is InChI=1S/C11H10F5NO4/c1-3-20-10(18)7-5(8(12)13)4-6(19-2)17-9(7)21-11(14,15)16/h4,8H,3H2,1-2H3. The normalized spacial score (nSPS) is 11.4. The van der Waals surface area contributed by atoms with E-state index in [1.54, 1.807) is 0 Å². The summed E-state index contributed by atoms with van der Waals surface area (Å²) in [4.78, 5) is 14.8. The van der Waals surface area contributed by atoms with Gasteiger partial charge in [0.15, 0.2) is 0 Å². The second-order valence-corrected chi connectivity index (χ2v) is 3.50. The molecule has 0 unspecified atom stereocenters. The van der Waals surface area contributed by atoms with Gasteiger partial charge in [-0.25, -0.2) is 13.6 Å². The van der Waals surface area contributed by atoms with E-state index in [4.69, 9.17) is 0 Å². The van der Waals surface area contributed by atoms with Crippen LogP contribution in [0.5, 0.6) is 11.8 Å². The quantitative estimate of drug-likeness (QED) is 0.617. The smallest absolute Gasteiger partial charge is 0.481 e. The Labute approximate surface area is 115 Å². The molecule has 0 aliphatic rings. The Morgan fingerprint density at radius 2 is 2.00 bits per heavy atom. The molecule has 0 bridgehead atoms. The third-order valence-corrected chi connectivity index (χ3v) is 2.13. The number of nitrogens with zero attached hydrogens (tertiary/aromatic N) is 1. The Morgan fingerprint density at radius 3 is 2.43 bits per heavy atom. The number of halogens is 5. The molecule has 0 radical (unpaired) electrons. The Hall–Kier alpha value is -2.13. The maximum atomic E-state index is 12.9. The van der Waals surface area contributed by atoms with Gasteiger partial charge in [-0.2, -0.15) is 4.98 Å². The van der Waals surface area contributed by atoms with Crippen LogP contribution in [-0.2, 0) is 4.74 Å². The number of rotatable bonds is 5. The summed E-state index contributed by atoms with van der Waals surface area (Å²) in [5, 5.41) is 0. The molecule has 1 heterocycles. The van der Waals surface area contributed by atoms with Gasteiger partial charge in [-0.05, 0) is 6.92 Å². The number of alkyl halides is 5. The molecule has 1 aromatic rings. The maximum absolute atomic E-state index is 12.9. The lowest BCUT2D eigenvalue weighted by Gasteiger charge is -2.15. The van der Waals surface area contributed by atoms with Crippen LogP contribution in [0.3, 0.4) is 0 Å². The number of pyridine rings is 1. The lowest BCUT2D eigenvalue weighted by molar-refractivity contribution is -0.276. The van der Waals surface area contributed by atoms with Crippen molar-refractivity contribution in [1.82, 2.24) is 4.98 Å². The van der Waals surface area contributed by atoms with Crippen molar-refractivity contribution in [3.63, 3.8) is 0 Å². The molecule has 118 valence electrons. The summed E-state index contributed by atoms with van der Waals surface area (Å²) < 4.78 is 75.2. The summed E-state index contributed by atoms with van der Waals surface area (Å²) in [6, 6.07) is 0.639. The molecule has 21 heavy (non-hydrogen) atoms. The molecule has 0 amide bonds. The fraction of sp³-hybridized carbons (Fsp3) is 0.455. The molecule has 0 aliphatic heterocycles. The van der Waals surface area contributed by atoms with Crippen molar-refractivity contribution in [2.75, 3.05) is 13.7 Å². The SMILES string of the molecule is CCOC(=O)c1c(C(F)F)cc(OC)nc1OC(F)(F)F. The molecule has 5 nitrogen and oxygen atoms in total. The average molecular weight is 315 g/mol. The van der Waals surface area contributed by atoms with Crippen molar-refractivity contribution in [2.24, 2.45) is 0 Å². The Balaban J connectivity index is 3.48. The predicted octanol–water partition coefficient (Wildman–Crippen LogP) is 3.10. The maximum Gasteiger partial charge on any atom is 0.574 e. The fourth-order valence-corrected chi connectivity index (χ4v) is 1.39. The van der Waals surface area contributed by atoms with Crippen LogP contribution in [0.1, 0.15) is 29.3 Å². The molecule has 0 aromatic carbocycles. The van der Waals surface area contributed by atoms with Crippen LogP contribution in [0.15, 0.2) is 6.07 Å². The van der Waals surface area contributed by atoms with Crippen molar-refractivity contribution in [3.05, 3.63) is 17.2 Å². The number of methoxy groups -OCH3 is 1. The average Bonchev–Trinajstić information content (AvgIpc) is 2.35. The monoisotopic (exact) mass is 315 g/mol.